The molecule has 1 saturated heterocycles. The van der Waals surface area contributed by atoms with E-state index in [-0.39, 0.29) is 0 Å². The number of hydrogen-bond acceptors (Lipinski definition) is 0. The summed E-state index contributed by atoms with van der Waals surface area (Å²) in [6.07, 6.45) is 1.54. The van der Waals surface area contributed by atoms with Crippen molar-refractivity contribution in [2.24, 2.45) is 0 Å². The van der Waals surface area contributed by atoms with Crippen LogP contribution in [0.4, 0.5) is 0 Å². The monoisotopic (exact) mass is 142 g/mol. The lowest BCUT2D eigenvalue weighted by atomic mass is 10.6. The predicted octanol–water partition coefficient (Wildman–Crippen LogP) is 2.18. The first kappa shape index (κ1) is 6.55. The van der Waals surface area contributed by atoms with Crippen molar-refractivity contribution in [2.75, 3.05) is 0 Å². The molecule has 1 rings (SSSR count). The van der Waals surface area contributed by atoms with E-state index in [0.29, 0.717) is 0 Å². The lowest BCUT2D eigenvalue weighted by Gasteiger charge is -2.25. The first-order chi connectivity index (χ1) is 3.71. The molecule has 0 aliphatic carbocycles. The molecule has 0 atom stereocenters. The minimum absolute atomic E-state index is 0.578. The molecule has 0 aromatic carbocycles. The molecular weight excluding hydrogens is 128 g/mol. The summed E-state index contributed by atoms with van der Waals surface area (Å²) < 4.78 is 0. The van der Waals surface area contributed by atoms with Gasteiger partial charge >= 0.3 is 0 Å². The molecule has 0 spiro atoms. The van der Waals surface area contributed by atoms with Crippen molar-refractivity contribution < 1.29 is 0 Å². The van der Waals surface area contributed by atoms with Crippen LogP contribution in [-0.2, 0) is 0 Å². The van der Waals surface area contributed by atoms with E-state index in [1.807, 2.05) is 0 Å². The zero-order chi connectivity index (χ0) is 6.04. The second kappa shape index (κ2) is 2.35. The Hall–Kier alpha value is 0.434. The van der Waals surface area contributed by atoms with Gasteiger partial charge in [-0.2, -0.15) is 0 Å². The highest BCUT2D eigenvalue weighted by Gasteiger charge is 2.22. The second-order valence-corrected chi connectivity index (χ2v) is 10.7. The van der Waals surface area contributed by atoms with Gasteiger partial charge in [0.25, 0.3) is 0 Å². The van der Waals surface area contributed by atoms with E-state index in [0.717, 1.165) is 0 Å². The van der Waals surface area contributed by atoms with Gasteiger partial charge in [0, 0.05) is 17.6 Å². The molecule has 0 N–H and O–H groups in total. The molecule has 0 bridgehead atoms. The summed E-state index contributed by atoms with van der Waals surface area (Å²) in [7, 11) is 0.737. The first-order valence-electron chi connectivity index (χ1n) is 3.41. The third-order valence-electron chi connectivity index (χ3n) is 1.81. The van der Waals surface area contributed by atoms with Gasteiger partial charge in [0.05, 0.1) is 0 Å². The largest absolute Gasteiger partial charge is 0.0696 e. The molecule has 2 heteroatoms. The molecule has 46 valence electrons. The van der Waals surface area contributed by atoms with E-state index >= 15 is 0 Å². The SMILES string of the molecule is C[Si]1(C)CCC[Si]C1. The fraction of sp³-hybridized carbons (Fsp3) is 1.00. The molecule has 0 aromatic heterocycles. The Balaban J connectivity index is 2.33. The zero-order valence-corrected chi connectivity index (χ0v) is 7.83. The summed E-state index contributed by atoms with van der Waals surface area (Å²) in [4.78, 5) is 0. The van der Waals surface area contributed by atoms with Crippen LogP contribution in [0, 0.1) is 0 Å². The second-order valence-electron chi connectivity index (χ2n) is 3.44. The maximum atomic E-state index is 2.53. The van der Waals surface area contributed by atoms with Crippen LogP contribution in [0.15, 0.2) is 0 Å². The number of rotatable bonds is 0. The van der Waals surface area contributed by atoms with Crippen molar-refractivity contribution in [3.63, 3.8) is 0 Å². The zero-order valence-electron chi connectivity index (χ0n) is 5.83. The molecular formula is C6H14Si2. The summed E-state index contributed by atoms with van der Waals surface area (Å²) in [5, 5.41) is 0. The highest BCUT2D eigenvalue weighted by molar-refractivity contribution is 6.85. The highest BCUT2D eigenvalue weighted by Crippen LogP contribution is 2.23. The fourth-order valence-corrected chi connectivity index (χ4v) is 7.24. The van der Waals surface area contributed by atoms with Crippen LogP contribution in [0.1, 0.15) is 6.42 Å². The van der Waals surface area contributed by atoms with Crippen molar-refractivity contribution >= 4 is 17.6 Å². The van der Waals surface area contributed by atoms with Crippen molar-refractivity contribution in [3.05, 3.63) is 0 Å². The van der Waals surface area contributed by atoms with Gasteiger partial charge in [0.1, 0.15) is 0 Å². The van der Waals surface area contributed by atoms with E-state index in [9.17, 15) is 0 Å². The van der Waals surface area contributed by atoms with Crippen molar-refractivity contribution in [2.45, 2.75) is 37.3 Å². The van der Waals surface area contributed by atoms with Gasteiger partial charge in [0.15, 0.2) is 0 Å². The van der Waals surface area contributed by atoms with Gasteiger partial charge in [-0.05, 0) is 0 Å². The predicted molar refractivity (Wildman–Crippen MR) is 42.3 cm³/mol. The van der Waals surface area contributed by atoms with Crippen LogP contribution in [0.25, 0.3) is 0 Å². The van der Waals surface area contributed by atoms with Crippen LogP contribution < -0.4 is 0 Å². The van der Waals surface area contributed by atoms with Crippen molar-refractivity contribution in [1.29, 1.82) is 0 Å². The molecule has 1 fully saturated rings. The van der Waals surface area contributed by atoms with E-state index in [4.69, 9.17) is 0 Å². The maximum Gasteiger partial charge on any atom is 0.0443 e. The highest BCUT2D eigenvalue weighted by atomic mass is 28.4. The molecule has 0 nitrogen and oxygen atoms in total. The lowest BCUT2D eigenvalue weighted by Crippen LogP contribution is -2.30. The van der Waals surface area contributed by atoms with Crippen LogP contribution >= 0.6 is 0 Å². The average Bonchev–Trinajstić information content (AvgIpc) is 1.65. The molecule has 0 saturated carbocycles. The molecule has 1 aliphatic heterocycles. The molecule has 1 heterocycles. The molecule has 8 heavy (non-hydrogen) atoms. The van der Waals surface area contributed by atoms with Crippen molar-refractivity contribution in [1.82, 2.24) is 0 Å². The summed E-state index contributed by atoms with van der Waals surface area (Å²) in [6.45, 7) is 5.05. The molecule has 0 aromatic rings. The minimum atomic E-state index is -0.578. The van der Waals surface area contributed by atoms with Gasteiger partial charge in [-0.25, -0.2) is 0 Å². The van der Waals surface area contributed by atoms with E-state index in [1.165, 1.54) is 22.0 Å². The van der Waals surface area contributed by atoms with E-state index < -0.39 is 8.07 Å². The van der Waals surface area contributed by atoms with Crippen LogP contribution in [0.2, 0.25) is 30.8 Å². The van der Waals surface area contributed by atoms with Gasteiger partial charge in [0.2, 0.25) is 0 Å². The summed E-state index contributed by atoms with van der Waals surface area (Å²) in [6, 6.07) is 3.14. The van der Waals surface area contributed by atoms with Gasteiger partial charge in [-0.1, -0.05) is 37.3 Å². The van der Waals surface area contributed by atoms with E-state index in [1.54, 1.807) is 11.7 Å². The normalized spacial score (nSPS) is 27.8. The minimum Gasteiger partial charge on any atom is -0.0696 e. The topological polar surface area (TPSA) is 0 Å². The Kier molecular flexibility index (Phi) is 1.93. The molecule has 0 amide bonds. The number of hydrogen-bond donors (Lipinski definition) is 0. The fourth-order valence-electron chi connectivity index (χ4n) is 1.21. The smallest absolute Gasteiger partial charge is 0.0443 e. The standard InChI is InChI=1S/C6H14Si2/c1-8(2)5-3-4-7-6-8/h3-6H2,1-2H3. The molecule has 1 aliphatic rings. The van der Waals surface area contributed by atoms with Crippen molar-refractivity contribution in [3.8, 4) is 0 Å². The Morgan fingerprint density at radius 1 is 1.38 bits per heavy atom. The molecule has 0 unspecified atom stereocenters. The van der Waals surface area contributed by atoms with Crippen LogP contribution in [0.5, 0.6) is 0 Å². The first-order valence-corrected chi connectivity index (χ1v) is 8.24. The third kappa shape index (κ3) is 1.74. The quantitative estimate of drug-likeness (QED) is 0.455. The third-order valence-corrected chi connectivity index (χ3v) is 9.05. The lowest BCUT2D eigenvalue weighted by molar-refractivity contribution is 1.01. The van der Waals surface area contributed by atoms with E-state index in [2.05, 4.69) is 13.1 Å². The Morgan fingerprint density at radius 3 is 2.38 bits per heavy atom. The van der Waals surface area contributed by atoms with Gasteiger partial charge in [-0.3, -0.25) is 0 Å². The summed E-state index contributed by atoms with van der Waals surface area (Å²) in [5.74, 6) is 0. The van der Waals surface area contributed by atoms with Crippen LogP contribution in [0.3, 0.4) is 0 Å². The van der Waals surface area contributed by atoms with Gasteiger partial charge < -0.3 is 0 Å². The Labute approximate surface area is 55.5 Å². The van der Waals surface area contributed by atoms with Crippen LogP contribution in [-0.4, -0.2) is 17.6 Å². The average molecular weight is 142 g/mol. The van der Waals surface area contributed by atoms with Gasteiger partial charge in [-0.15, -0.1) is 0 Å². The summed E-state index contributed by atoms with van der Waals surface area (Å²) >= 11 is 0. The molecule has 2 radical (unpaired) electrons. The Bertz CT molecular complexity index is 70.6. The Morgan fingerprint density at radius 2 is 2.12 bits per heavy atom. The summed E-state index contributed by atoms with van der Waals surface area (Å²) in [5.41, 5.74) is 1.62. The maximum absolute atomic E-state index is 2.53.